The first-order valence-corrected chi connectivity index (χ1v) is 8.47. The zero-order chi connectivity index (χ0) is 19.1. The zero-order valence-electron chi connectivity index (χ0n) is 15.0. The molecule has 1 unspecified atom stereocenters. The highest BCUT2D eigenvalue weighted by atomic mass is 35.5. The lowest BCUT2D eigenvalue weighted by Crippen LogP contribution is -2.38. The number of ether oxygens (including phenoxy) is 2. The third kappa shape index (κ3) is 5.28. The van der Waals surface area contributed by atoms with Crippen LogP contribution in [0.1, 0.15) is 10.4 Å². The number of amides is 1. The SMILES string of the molecule is COc1ccc(C(=O)NCC(O)CN(C)c2ccc(Cl)cc2)cc1OC. The number of carbonyl (C=O) groups excluding carboxylic acids is 1. The molecule has 6 nitrogen and oxygen atoms in total. The summed E-state index contributed by atoms with van der Waals surface area (Å²) in [6.07, 6.45) is -0.722. The van der Waals surface area contributed by atoms with Gasteiger partial charge >= 0.3 is 0 Å². The van der Waals surface area contributed by atoms with Gasteiger partial charge in [0, 0.05) is 36.4 Å². The minimum atomic E-state index is -0.722. The first-order chi connectivity index (χ1) is 12.4. The first kappa shape index (κ1) is 19.9. The van der Waals surface area contributed by atoms with Crippen LogP contribution in [0, 0.1) is 0 Å². The van der Waals surface area contributed by atoms with Gasteiger partial charge in [0.05, 0.1) is 20.3 Å². The van der Waals surface area contributed by atoms with E-state index in [4.69, 9.17) is 21.1 Å². The molecule has 2 rings (SSSR count). The van der Waals surface area contributed by atoms with Crippen molar-refractivity contribution in [2.24, 2.45) is 0 Å². The van der Waals surface area contributed by atoms with Gasteiger partial charge in [0.2, 0.25) is 0 Å². The maximum Gasteiger partial charge on any atom is 0.251 e. The van der Waals surface area contributed by atoms with E-state index in [9.17, 15) is 9.90 Å². The third-order valence-corrected chi connectivity index (χ3v) is 4.15. The van der Waals surface area contributed by atoms with E-state index in [0.29, 0.717) is 28.6 Å². The Hall–Kier alpha value is -2.44. The molecule has 0 aliphatic heterocycles. The van der Waals surface area contributed by atoms with E-state index in [1.165, 1.54) is 14.2 Å². The van der Waals surface area contributed by atoms with Crippen molar-refractivity contribution in [3.63, 3.8) is 0 Å². The van der Waals surface area contributed by atoms with Gasteiger partial charge in [0.25, 0.3) is 5.91 Å². The highest BCUT2D eigenvalue weighted by molar-refractivity contribution is 6.30. The number of likely N-dealkylation sites (N-methyl/N-ethyl adjacent to an activating group) is 1. The summed E-state index contributed by atoms with van der Waals surface area (Å²) in [5.41, 5.74) is 1.36. The molecular formula is C19H23ClN2O4. The van der Waals surface area contributed by atoms with Crippen LogP contribution in [0.25, 0.3) is 0 Å². The summed E-state index contributed by atoms with van der Waals surface area (Å²) >= 11 is 5.87. The van der Waals surface area contributed by atoms with Crippen LogP contribution in [0.4, 0.5) is 5.69 Å². The van der Waals surface area contributed by atoms with Gasteiger partial charge in [-0.2, -0.15) is 0 Å². The van der Waals surface area contributed by atoms with Gasteiger partial charge < -0.3 is 24.8 Å². The fraction of sp³-hybridized carbons (Fsp3) is 0.316. The number of nitrogens with one attached hydrogen (secondary N) is 1. The number of aliphatic hydroxyl groups is 1. The van der Waals surface area contributed by atoms with Crippen LogP contribution in [0.3, 0.4) is 0 Å². The molecule has 0 spiro atoms. The van der Waals surface area contributed by atoms with E-state index in [1.54, 1.807) is 30.3 Å². The number of carbonyl (C=O) groups is 1. The number of nitrogens with zero attached hydrogens (tertiary/aromatic N) is 1. The van der Waals surface area contributed by atoms with E-state index < -0.39 is 6.10 Å². The number of halogens is 1. The summed E-state index contributed by atoms with van der Waals surface area (Å²) in [6, 6.07) is 12.2. The molecule has 1 amide bonds. The molecule has 0 fully saturated rings. The molecule has 2 N–H and O–H groups in total. The van der Waals surface area contributed by atoms with Gasteiger partial charge in [-0.1, -0.05) is 11.6 Å². The third-order valence-electron chi connectivity index (χ3n) is 3.90. The molecular weight excluding hydrogens is 356 g/mol. The van der Waals surface area contributed by atoms with Gasteiger partial charge in [0.1, 0.15) is 0 Å². The molecule has 0 aliphatic carbocycles. The van der Waals surface area contributed by atoms with Gasteiger partial charge in [-0.05, 0) is 42.5 Å². The fourth-order valence-electron chi connectivity index (χ4n) is 2.47. The second-order valence-electron chi connectivity index (χ2n) is 5.79. The minimum Gasteiger partial charge on any atom is -0.493 e. The van der Waals surface area contributed by atoms with Crippen molar-refractivity contribution in [3.05, 3.63) is 53.1 Å². The lowest BCUT2D eigenvalue weighted by Gasteiger charge is -2.23. The largest absolute Gasteiger partial charge is 0.493 e. The monoisotopic (exact) mass is 378 g/mol. The van der Waals surface area contributed by atoms with E-state index in [1.807, 2.05) is 24.1 Å². The first-order valence-electron chi connectivity index (χ1n) is 8.09. The molecule has 2 aromatic rings. The van der Waals surface area contributed by atoms with Crippen molar-refractivity contribution in [2.75, 3.05) is 39.3 Å². The average Bonchev–Trinajstić information content (AvgIpc) is 2.65. The zero-order valence-corrected chi connectivity index (χ0v) is 15.8. The van der Waals surface area contributed by atoms with E-state index in [2.05, 4.69) is 5.32 Å². The van der Waals surface area contributed by atoms with E-state index >= 15 is 0 Å². The average molecular weight is 379 g/mol. The molecule has 0 heterocycles. The molecule has 1 atom stereocenters. The number of rotatable bonds is 8. The summed E-state index contributed by atoms with van der Waals surface area (Å²) in [5.74, 6) is 0.732. The van der Waals surface area contributed by atoms with Crippen LogP contribution in [0.5, 0.6) is 11.5 Å². The molecule has 7 heteroatoms. The number of anilines is 1. The van der Waals surface area contributed by atoms with Gasteiger partial charge in [-0.15, -0.1) is 0 Å². The molecule has 0 aliphatic rings. The van der Waals surface area contributed by atoms with Gasteiger partial charge in [-0.25, -0.2) is 0 Å². The Labute approximate surface area is 158 Å². The van der Waals surface area contributed by atoms with Gasteiger partial charge in [-0.3, -0.25) is 4.79 Å². The Morgan fingerprint density at radius 3 is 2.42 bits per heavy atom. The summed E-state index contributed by atoms with van der Waals surface area (Å²) in [5, 5.41) is 13.6. The molecule has 140 valence electrons. The normalized spacial score (nSPS) is 11.6. The van der Waals surface area contributed by atoms with Crippen LogP contribution in [-0.2, 0) is 0 Å². The summed E-state index contributed by atoms with van der Waals surface area (Å²) in [4.78, 5) is 14.2. The predicted molar refractivity (Wildman–Crippen MR) is 103 cm³/mol. The molecule has 0 aromatic heterocycles. The second-order valence-corrected chi connectivity index (χ2v) is 6.23. The fourth-order valence-corrected chi connectivity index (χ4v) is 2.60. The Bertz CT molecular complexity index is 737. The summed E-state index contributed by atoms with van der Waals surface area (Å²) < 4.78 is 10.3. The lowest BCUT2D eigenvalue weighted by molar-refractivity contribution is 0.0919. The van der Waals surface area contributed by atoms with Crippen molar-refractivity contribution >= 4 is 23.2 Å². The van der Waals surface area contributed by atoms with Crippen molar-refractivity contribution in [2.45, 2.75) is 6.10 Å². The van der Waals surface area contributed by atoms with E-state index in [-0.39, 0.29) is 12.5 Å². The molecule has 0 saturated heterocycles. The van der Waals surface area contributed by atoms with Crippen molar-refractivity contribution in [3.8, 4) is 11.5 Å². The van der Waals surface area contributed by atoms with E-state index in [0.717, 1.165) is 5.69 Å². The standard InChI is InChI=1S/C19H23ClN2O4/c1-22(15-7-5-14(20)6-8-15)12-16(23)11-21-19(24)13-4-9-17(25-2)18(10-13)26-3/h4-10,16,23H,11-12H2,1-3H3,(H,21,24). The van der Waals surface area contributed by atoms with Crippen LogP contribution >= 0.6 is 11.6 Å². The van der Waals surface area contributed by atoms with Crippen molar-refractivity contribution in [1.82, 2.24) is 5.32 Å². The number of methoxy groups -OCH3 is 2. The summed E-state index contributed by atoms with van der Waals surface area (Å²) in [6.45, 7) is 0.499. The Morgan fingerprint density at radius 1 is 1.15 bits per heavy atom. The minimum absolute atomic E-state index is 0.130. The molecule has 2 aromatic carbocycles. The highest BCUT2D eigenvalue weighted by Gasteiger charge is 2.14. The number of aliphatic hydroxyl groups excluding tert-OH is 1. The second kappa shape index (κ2) is 9.31. The maximum atomic E-state index is 12.3. The predicted octanol–water partition coefficient (Wildman–Crippen LogP) is 2.58. The highest BCUT2D eigenvalue weighted by Crippen LogP contribution is 2.27. The van der Waals surface area contributed by atoms with Crippen molar-refractivity contribution < 1.29 is 19.4 Å². The quantitative estimate of drug-likeness (QED) is 0.738. The molecule has 26 heavy (non-hydrogen) atoms. The molecule has 0 saturated carbocycles. The van der Waals surface area contributed by atoms with Crippen molar-refractivity contribution in [1.29, 1.82) is 0 Å². The number of hydrogen-bond acceptors (Lipinski definition) is 5. The topological polar surface area (TPSA) is 71.0 Å². The van der Waals surface area contributed by atoms with Gasteiger partial charge in [0.15, 0.2) is 11.5 Å². The lowest BCUT2D eigenvalue weighted by atomic mass is 10.2. The Balaban J connectivity index is 1.89. The van der Waals surface area contributed by atoms with Crippen LogP contribution < -0.4 is 19.7 Å². The molecule has 0 bridgehead atoms. The maximum absolute atomic E-state index is 12.3. The smallest absolute Gasteiger partial charge is 0.251 e. The Morgan fingerprint density at radius 2 is 1.81 bits per heavy atom. The van der Waals surface area contributed by atoms with Crippen LogP contribution in [-0.4, -0.2) is 51.5 Å². The van der Waals surface area contributed by atoms with Crippen LogP contribution in [0.15, 0.2) is 42.5 Å². The van der Waals surface area contributed by atoms with Crippen LogP contribution in [0.2, 0.25) is 5.02 Å². The Kier molecular flexibility index (Phi) is 7.12. The number of hydrogen-bond donors (Lipinski definition) is 2. The summed E-state index contributed by atoms with van der Waals surface area (Å²) in [7, 11) is 4.91. The molecule has 0 radical (unpaired) electrons. The number of benzene rings is 2.